The Bertz CT molecular complexity index is 804. The van der Waals surface area contributed by atoms with Crippen LogP contribution in [0, 0.1) is 0 Å². The molecule has 8 heteroatoms. The molecule has 1 fully saturated rings. The van der Waals surface area contributed by atoms with Gasteiger partial charge in [-0.25, -0.2) is 4.99 Å². The molecule has 2 aliphatic heterocycles. The van der Waals surface area contributed by atoms with E-state index in [4.69, 9.17) is 16.3 Å². The summed E-state index contributed by atoms with van der Waals surface area (Å²) in [6.45, 7) is 5.16. The molecule has 1 aromatic carbocycles. The monoisotopic (exact) mass is 435 g/mol. The highest BCUT2D eigenvalue weighted by Gasteiger charge is 2.33. The van der Waals surface area contributed by atoms with Crippen molar-refractivity contribution in [1.82, 2.24) is 10.2 Å². The fourth-order valence-corrected chi connectivity index (χ4v) is 4.00. The number of aliphatic imine (C=N–C) groups is 1. The first-order valence-electron chi connectivity index (χ1n) is 9.88. The second kappa shape index (κ2) is 10.3. The van der Waals surface area contributed by atoms with E-state index in [9.17, 15) is 9.59 Å². The fourth-order valence-electron chi connectivity index (χ4n) is 3.06. The quantitative estimate of drug-likeness (QED) is 0.663. The molecular formula is C21H26ClN3O3S. The third kappa shape index (κ3) is 6.07. The summed E-state index contributed by atoms with van der Waals surface area (Å²) in [7, 11) is 0. The van der Waals surface area contributed by atoms with E-state index in [1.807, 2.05) is 26.0 Å². The van der Waals surface area contributed by atoms with Gasteiger partial charge in [-0.05, 0) is 50.0 Å². The standard InChI is InChI=1S/C21H26ClN3O3S/c1-3-14(2)23-19(26)13-29-21-24-18(11-15-6-8-16(22)9-7-15)20(27)25(21)12-17-5-4-10-28-17/h6-9,11,14,17H,3-5,10,12-13H2,1-2H3,(H,23,26)/b18-11+/t14-,17+/m0/s1. The predicted molar refractivity (Wildman–Crippen MR) is 118 cm³/mol. The molecule has 1 saturated heterocycles. The summed E-state index contributed by atoms with van der Waals surface area (Å²) in [6, 6.07) is 7.35. The molecule has 29 heavy (non-hydrogen) atoms. The maximum atomic E-state index is 13.0. The number of carbonyl (C=O) groups excluding carboxylic acids is 2. The number of rotatable bonds is 7. The molecule has 2 amide bonds. The molecule has 2 atom stereocenters. The van der Waals surface area contributed by atoms with Gasteiger partial charge in [-0.3, -0.25) is 14.5 Å². The van der Waals surface area contributed by atoms with Crippen LogP contribution in [0.1, 0.15) is 38.7 Å². The lowest BCUT2D eigenvalue weighted by atomic mass is 10.2. The first-order chi connectivity index (χ1) is 14.0. The highest BCUT2D eigenvalue weighted by Crippen LogP contribution is 2.26. The molecular weight excluding hydrogens is 410 g/mol. The van der Waals surface area contributed by atoms with Crippen LogP contribution in [0.5, 0.6) is 0 Å². The molecule has 2 heterocycles. The van der Waals surface area contributed by atoms with E-state index in [1.165, 1.54) is 11.8 Å². The summed E-state index contributed by atoms with van der Waals surface area (Å²) in [5.74, 6) is -0.0147. The topological polar surface area (TPSA) is 71.0 Å². The second-order valence-corrected chi connectivity index (χ2v) is 8.57. The number of hydrogen-bond acceptors (Lipinski definition) is 5. The highest BCUT2D eigenvalue weighted by atomic mass is 35.5. The number of thioether (sulfide) groups is 1. The van der Waals surface area contributed by atoms with E-state index in [0.717, 1.165) is 31.4 Å². The van der Waals surface area contributed by atoms with Crippen LogP contribution in [0.3, 0.4) is 0 Å². The van der Waals surface area contributed by atoms with Gasteiger partial charge in [0.2, 0.25) is 5.91 Å². The number of hydrogen-bond donors (Lipinski definition) is 1. The van der Waals surface area contributed by atoms with Crippen LogP contribution in [0.25, 0.3) is 6.08 Å². The Balaban J connectivity index is 1.74. The van der Waals surface area contributed by atoms with Gasteiger partial charge in [0, 0.05) is 17.7 Å². The van der Waals surface area contributed by atoms with Crippen molar-refractivity contribution in [3.05, 3.63) is 40.5 Å². The maximum Gasteiger partial charge on any atom is 0.278 e. The van der Waals surface area contributed by atoms with Crippen molar-refractivity contribution in [2.75, 3.05) is 18.9 Å². The van der Waals surface area contributed by atoms with Gasteiger partial charge in [-0.1, -0.05) is 42.4 Å². The largest absolute Gasteiger partial charge is 0.376 e. The van der Waals surface area contributed by atoms with Crippen LogP contribution in [-0.2, 0) is 14.3 Å². The minimum atomic E-state index is -0.166. The average Bonchev–Trinajstić information content (AvgIpc) is 3.32. The van der Waals surface area contributed by atoms with E-state index in [2.05, 4.69) is 10.3 Å². The molecule has 0 saturated carbocycles. The zero-order valence-electron chi connectivity index (χ0n) is 16.7. The third-order valence-corrected chi connectivity index (χ3v) is 6.08. The minimum Gasteiger partial charge on any atom is -0.376 e. The SMILES string of the molecule is CC[C@H](C)NC(=O)CSC1=N/C(=C/c2ccc(Cl)cc2)C(=O)N1C[C@H]1CCCO1. The van der Waals surface area contributed by atoms with E-state index in [1.54, 1.807) is 23.1 Å². The molecule has 0 spiro atoms. The molecule has 0 aromatic heterocycles. The van der Waals surface area contributed by atoms with Gasteiger partial charge in [0.05, 0.1) is 18.4 Å². The molecule has 3 rings (SSSR count). The zero-order valence-corrected chi connectivity index (χ0v) is 18.3. The lowest BCUT2D eigenvalue weighted by molar-refractivity contribution is -0.123. The molecule has 0 aliphatic carbocycles. The number of amides is 2. The average molecular weight is 436 g/mol. The number of ether oxygens (including phenoxy) is 1. The fraction of sp³-hybridized carbons (Fsp3) is 0.476. The van der Waals surface area contributed by atoms with Crippen LogP contribution in [0.2, 0.25) is 5.02 Å². The van der Waals surface area contributed by atoms with Crippen LogP contribution in [0.4, 0.5) is 0 Å². The molecule has 0 bridgehead atoms. The van der Waals surface area contributed by atoms with E-state index in [-0.39, 0.29) is 29.7 Å². The number of nitrogens with one attached hydrogen (secondary N) is 1. The lowest BCUT2D eigenvalue weighted by Gasteiger charge is -2.21. The highest BCUT2D eigenvalue weighted by molar-refractivity contribution is 8.14. The summed E-state index contributed by atoms with van der Waals surface area (Å²) in [6.07, 6.45) is 4.54. The summed E-state index contributed by atoms with van der Waals surface area (Å²) in [5.41, 5.74) is 1.20. The minimum absolute atomic E-state index is 0.00794. The van der Waals surface area contributed by atoms with Gasteiger partial charge in [0.1, 0.15) is 5.70 Å². The third-order valence-electron chi connectivity index (χ3n) is 4.85. The van der Waals surface area contributed by atoms with Crippen LogP contribution in [0.15, 0.2) is 35.0 Å². The predicted octanol–water partition coefficient (Wildman–Crippen LogP) is 3.71. The molecule has 6 nitrogen and oxygen atoms in total. The van der Waals surface area contributed by atoms with Crippen LogP contribution >= 0.6 is 23.4 Å². The van der Waals surface area contributed by atoms with Crippen molar-refractivity contribution in [2.24, 2.45) is 4.99 Å². The number of carbonyl (C=O) groups is 2. The molecule has 2 aliphatic rings. The molecule has 156 valence electrons. The molecule has 0 unspecified atom stereocenters. The van der Waals surface area contributed by atoms with Gasteiger partial charge in [0.15, 0.2) is 5.17 Å². The Hall–Kier alpha value is -1.83. The smallest absolute Gasteiger partial charge is 0.278 e. The number of halogens is 1. The van der Waals surface area contributed by atoms with Crippen molar-refractivity contribution in [3.63, 3.8) is 0 Å². The Kier molecular flexibility index (Phi) is 7.75. The Morgan fingerprint density at radius 2 is 2.21 bits per heavy atom. The molecule has 1 N–H and O–H groups in total. The van der Waals surface area contributed by atoms with Gasteiger partial charge in [-0.2, -0.15) is 0 Å². The molecule has 0 radical (unpaired) electrons. The first kappa shape index (κ1) is 21.9. The van der Waals surface area contributed by atoms with E-state index in [0.29, 0.717) is 22.4 Å². The van der Waals surface area contributed by atoms with Gasteiger partial charge in [0.25, 0.3) is 5.91 Å². The van der Waals surface area contributed by atoms with Gasteiger partial charge < -0.3 is 10.1 Å². The maximum absolute atomic E-state index is 13.0. The summed E-state index contributed by atoms with van der Waals surface area (Å²) >= 11 is 7.22. The number of nitrogens with zero attached hydrogens (tertiary/aromatic N) is 2. The zero-order chi connectivity index (χ0) is 20.8. The summed E-state index contributed by atoms with van der Waals surface area (Å²) in [4.78, 5) is 31.3. The second-order valence-electron chi connectivity index (χ2n) is 7.19. The van der Waals surface area contributed by atoms with Gasteiger partial charge in [-0.15, -0.1) is 0 Å². The van der Waals surface area contributed by atoms with Crippen LogP contribution < -0.4 is 5.32 Å². The Morgan fingerprint density at radius 3 is 2.86 bits per heavy atom. The number of benzene rings is 1. The van der Waals surface area contributed by atoms with Crippen molar-refractivity contribution in [3.8, 4) is 0 Å². The molecule has 1 aromatic rings. The normalized spacial score (nSPS) is 21.6. The van der Waals surface area contributed by atoms with Crippen molar-refractivity contribution >= 4 is 46.4 Å². The summed E-state index contributed by atoms with van der Waals surface area (Å²) in [5, 5.41) is 4.12. The first-order valence-corrected chi connectivity index (χ1v) is 11.2. The number of amidine groups is 1. The van der Waals surface area contributed by atoms with Crippen molar-refractivity contribution in [1.29, 1.82) is 0 Å². The van der Waals surface area contributed by atoms with Crippen molar-refractivity contribution < 1.29 is 14.3 Å². The van der Waals surface area contributed by atoms with Crippen LogP contribution in [-0.4, -0.2) is 52.9 Å². The lowest BCUT2D eigenvalue weighted by Crippen LogP contribution is -2.38. The van der Waals surface area contributed by atoms with Crippen molar-refractivity contribution in [2.45, 2.75) is 45.3 Å². The van der Waals surface area contributed by atoms with E-state index >= 15 is 0 Å². The summed E-state index contributed by atoms with van der Waals surface area (Å²) < 4.78 is 5.70. The van der Waals surface area contributed by atoms with E-state index < -0.39 is 0 Å². The van der Waals surface area contributed by atoms with Gasteiger partial charge >= 0.3 is 0 Å². The Morgan fingerprint density at radius 1 is 1.45 bits per heavy atom. The Labute approximate surface area is 180 Å².